The van der Waals surface area contributed by atoms with Gasteiger partial charge in [0.05, 0.1) is 6.61 Å². The largest absolute Gasteiger partial charge is 0.493 e. The van der Waals surface area contributed by atoms with Crippen LogP contribution in [0, 0.1) is 11.8 Å². The molecule has 0 aromatic heterocycles. The minimum absolute atomic E-state index is 0.0929. The maximum atomic E-state index is 12.2. The van der Waals surface area contributed by atoms with Gasteiger partial charge in [-0.15, -0.1) is 0 Å². The lowest BCUT2D eigenvalue weighted by Gasteiger charge is -2.25. The molecule has 0 radical (unpaired) electrons. The molecule has 1 heterocycles. The molecule has 2 aromatic carbocycles. The number of urea groups is 1. The Bertz CT molecular complexity index is 879. The number of nitrogens with one attached hydrogen (secondary N) is 3. The normalized spacial score (nSPS) is 18.0. The minimum Gasteiger partial charge on any atom is -0.493 e. The molecule has 6 heteroatoms. The van der Waals surface area contributed by atoms with Crippen LogP contribution in [-0.2, 0) is 17.8 Å². The number of hydrogen-bond acceptors (Lipinski definition) is 3. The molecular formula is C23H27N3O3. The van der Waals surface area contributed by atoms with E-state index in [0.29, 0.717) is 19.7 Å². The highest BCUT2D eigenvalue weighted by Crippen LogP contribution is 2.28. The SMILES string of the molecule is O=C(NCc1cccc(NC(=O)C2CCC2)c1)NCC1COc2ccccc2C1. The van der Waals surface area contributed by atoms with Crippen LogP contribution in [0.3, 0.4) is 0 Å². The molecule has 1 aliphatic heterocycles. The summed E-state index contributed by atoms with van der Waals surface area (Å²) in [6, 6.07) is 15.4. The lowest BCUT2D eigenvalue weighted by Crippen LogP contribution is -2.40. The van der Waals surface area contributed by atoms with E-state index < -0.39 is 0 Å². The summed E-state index contributed by atoms with van der Waals surface area (Å²) < 4.78 is 5.77. The van der Waals surface area contributed by atoms with Gasteiger partial charge in [0.1, 0.15) is 5.75 Å². The van der Waals surface area contributed by atoms with Crippen molar-refractivity contribution in [3.8, 4) is 5.75 Å². The molecule has 6 nitrogen and oxygen atoms in total. The molecule has 0 saturated heterocycles. The third-order valence-electron chi connectivity index (χ3n) is 5.63. The van der Waals surface area contributed by atoms with E-state index in [1.807, 2.05) is 42.5 Å². The van der Waals surface area contributed by atoms with E-state index in [1.54, 1.807) is 0 Å². The van der Waals surface area contributed by atoms with E-state index in [-0.39, 0.29) is 23.8 Å². The zero-order chi connectivity index (χ0) is 20.1. The summed E-state index contributed by atoms with van der Waals surface area (Å²) in [5, 5.41) is 8.78. The average molecular weight is 393 g/mol. The minimum atomic E-state index is -0.201. The Labute approximate surface area is 171 Å². The van der Waals surface area contributed by atoms with E-state index in [0.717, 1.165) is 42.7 Å². The highest BCUT2D eigenvalue weighted by molar-refractivity contribution is 5.93. The van der Waals surface area contributed by atoms with Crippen LogP contribution in [-0.4, -0.2) is 25.1 Å². The number of fused-ring (bicyclic) bond motifs is 1. The smallest absolute Gasteiger partial charge is 0.315 e. The van der Waals surface area contributed by atoms with Crippen LogP contribution in [0.1, 0.15) is 30.4 Å². The van der Waals surface area contributed by atoms with E-state index in [2.05, 4.69) is 22.0 Å². The third kappa shape index (κ3) is 5.08. The highest BCUT2D eigenvalue weighted by Gasteiger charge is 2.25. The van der Waals surface area contributed by atoms with Crippen molar-refractivity contribution in [3.63, 3.8) is 0 Å². The van der Waals surface area contributed by atoms with Crippen molar-refractivity contribution in [2.75, 3.05) is 18.5 Å². The van der Waals surface area contributed by atoms with Crippen molar-refractivity contribution in [3.05, 3.63) is 59.7 Å². The van der Waals surface area contributed by atoms with Crippen LogP contribution in [0.5, 0.6) is 5.75 Å². The Balaban J connectivity index is 1.21. The maximum Gasteiger partial charge on any atom is 0.315 e. The van der Waals surface area contributed by atoms with Gasteiger partial charge in [0.15, 0.2) is 0 Å². The standard InChI is InChI=1S/C23H27N3O3/c27-22(18-7-4-8-18)26-20-9-3-5-16(12-20)13-24-23(28)25-14-17-11-19-6-1-2-10-21(19)29-15-17/h1-3,5-6,9-10,12,17-18H,4,7-8,11,13-15H2,(H,26,27)(H2,24,25,28). The molecule has 3 N–H and O–H groups in total. The van der Waals surface area contributed by atoms with Gasteiger partial charge in [-0.1, -0.05) is 36.8 Å². The van der Waals surface area contributed by atoms with Crippen LogP contribution in [0.15, 0.2) is 48.5 Å². The molecule has 0 bridgehead atoms. The molecule has 2 aliphatic rings. The van der Waals surface area contributed by atoms with Crippen molar-refractivity contribution >= 4 is 17.6 Å². The second-order valence-corrected chi connectivity index (χ2v) is 7.87. The van der Waals surface area contributed by atoms with Crippen LogP contribution >= 0.6 is 0 Å². The van der Waals surface area contributed by atoms with E-state index in [4.69, 9.17) is 4.74 Å². The Morgan fingerprint density at radius 2 is 1.90 bits per heavy atom. The van der Waals surface area contributed by atoms with Crippen molar-refractivity contribution in [2.24, 2.45) is 11.8 Å². The maximum absolute atomic E-state index is 12.2. The van der Waals surface area contributed by atoms with Gasteiger partial charge < -0.3 is 20.7 Å². The third-order valence-corrected chi connectivity index (χ3v) is 5.63. The van der Waals surface area contributed by atoms with Crippen molar-refractivity contribution in [1.29, 1.82) is 0 Å². The van der Waals surface area contributed by atoms with Crippen molar-refractivity contribution in [2.45, 2.75) is 32.2 Å². The van der Waals surface area contributed by atoms with Crippen LogP contribution < -0.4 is 20.7 Å². The van der Waals surface area contributed by atoms with Crippen LogP contribution in [0.4, 0.5) is 10.5 Å². The molecule has 3 amide bonds. The monoisotopic (exact) mass is 393 g/mol. The number of anilines is 1. The predicted molar refractivity (Wildman–Crippen MR) is 112 cm³/mol. The molecule has 1 saturated carbocycles. The zero-order valence-electron chi connectivity index (χ0n) is 16.4. The molecule has 1 aliphatic carbocycles. The molecule has 0 spiro atoms. The number of ether oxygens (including phenoxy) is 1. The van der Waals surface area contributed by atoms with Gasteiger partial charge in [-0.3, -0.25) is 4.79 Å². The Morgan fingerprint density at radius 3 is 2.72 bits per heavy atom. The number of benzene rings is 2. The van der Waals surface area contributed by atoms with Crippen LogP contribution in [0.2, 0.25) is 0 Å². The molecule has 152 valence electrons. The first-order valence-corrected chi connectivity index (χ1v) is 10.3. The number of amides is 3. The number of para-hydroxylation sites is 1. The fourth-order valence-corrected chi connectivity index (χ4v) is 3.68. The van der Waals surface area contributed by atoms with E-state index in [9.17, 15) is 9.59 Å². The Hall–Kier alpha value is -3.02. The molecular weight excluding hydrogens is 366 g/mol. The second-order valence-electron chi connectivity index (χ2n) is 7.87. The first-order valence-electron chi connectivity index (χ1n) is 10.3. The summed E-state index contributed by atoms with van der Waals surface area (Å²) >= 11 is 0. The number of carbonyl (C=O) groups is 2. The van der Waals surface area contributed by atoms with Gasteiger partial charge in [-0.05, 0) is 48.6 Å². The summed E-state index contributed by atoms with van der Waals surface area (Å²) in [7, 11) is 0. The summed E-state index contributed by atoms with van der Waals surface area (Å²) in [6.07, 6.45) is 3.99. The number of rotatable bonds is 6. The molecule has 1 atom stereocenters. The van der Waals surface area contributed by atoms with Crippen molar-refractivity contribution < 1.29 is 14.3 Å². The summed E-state index contributed by atoms with van der Waals surface area (Å²) in [5.41, 5.74) is 2.91. The fraction of sp³-hybridized carbons (Fsp3) is 0.391. The average Bonchev–Trinajstić information content (AvgIpc) is 2.69. The lowest BCUT2D eigenvalue weighted by molar-refractivity contribution is -0.122. The van der Waals surface area contributed by atoms with Crippen LogP contribution in [0.25, 0.3) is 0 Å². The summed E-state index contributed by atoms with van der Waals surface area (Å²) in [6.45, 7) is 1.58. The molecule has 1 unspecified atom stereocenters. The van der Waals surface area contributed by atoms with Gasteiger partial charge in [0.25, 0.3) is 0 Å². The van der Waals surface area contributed by atoms with Gasteiger partial charge in [0, 0.05) is 30.6 Å². The number of hydrogen-bond donors (Lipinski definition) is 3. The molecule has 29 heavy (non-hydrogen) atoms. The van der Waals surface area contributed by atoms with Gasteiger partial charge in [-0.2, -0.15) is 0 Å². The van der Waals surface area contributed by atoms with Crippen molar-refractivity contribution in [1.82, 2.24) is 10.6 Å². The predicted octanol–water partition coefficient (Wildman–Crippen LogP) is 3.48. The fourth-order valence-electron chi connectivity index (χ4n) is 3.68. The van der Waals surface area contributed by atoms with Gasteiger partial charge in [0.2, 0.25) is 5.91 Å². The van der Waals surface area contributed by atoms with E-state index >= 15 is 0 Å². The second kappa shape index (κ2) is 8.99. The first kappa shape index (κ1) is 19.3. The highest BCUT2D eigenvalue weighted by atomic mass is 16.5. The lowest BCUT2D eigenvalue weighted by atomic mass is 9.85. The Morgan fingerprint density at radius 1 is 1.03 bits per heavy atom. The van der Waals surface area contributed by atoms with Gasteiger partial charge >= 0.3 is 6.03 Å². The topological polar surface area (TPSA) is 79.5 Å². The first-order chi connectivity index (χ1) is 14.2. The molecule has 2 aromatic rings. The molecule has 4 rings (SSSR count). The van der Waals surface area contributed by atoms with Gasteiger partial charge in [-0.25, -0.2) is 4.79 Å². The zero-order valence-corrected chi connectivity index (χ0v) is 16.4. The summed E-state index contributed by atoms with van der Waals surface area (Å²) in [5.74, 6) is 1.45. The number of carbonyl (C=O) groups excluding carboxylic acids is 2. The molecule has 1 fully saturated rings. The van der Waals surface area contributed by atoms with E-state index in [1.165, 1.54) is 5.56 Å². The Kier molecular flexibility index (Phi) is 5.98. The summed E-state index contributed by atoms with van der Waals surface area (Å²) in [4.78, 5) is 24.3. The quantitative estimate of drug-likeness (QED) is 0.703.